The molecule has 0 aliphatic carbocycles. The number of hydrogen-bond donors (Lipinski definition) is 3. The van der Waals surface area contributed by atoms with Crippen LogP contribution in [-0.2, 0) is 6.54 Å². The number of nitrogens with two attached hydrogens (primary N) is 1. The number of pyridine rings is 1. The van der Waals surface area contributed by atoms with Gasteiger partial charge in [-0.3, -0.25) is 14.7 Å². The van der Waals surface area contributed by atoms with E-state index >= 15 is 0 Å². The van der Waals surface area contributed by atoms with Gasteiger partial charge >= 0.3 is 6.03 Å². The van der Waals surface area contributed by atoms with E-state index < -0.39 is 0 Å². The standard InChI is InChI=1S/C32H27N9O2S/c1-17-7-4-5-10-23(17)41-21(13-19-9-6-8-18(2)25(19)30(41)42)15-40-29-26(28(33)35-16-36-29)27(39-40)20-11-12-22-24(14-20)44-32(37-22)38-31(43)34-3/h4-14,16H,15H2,1-3H3,(H2,33,35,36)(H2,34,37,38,43). The Hall–Kier alpha value is -5.62. The molecular weight excluding hydrogens is 574 g/mol. The van der Waals surface area contributed by atoms with Crippen molar-refractivity contribution < 1.29 is 4.79 Å². The van der Waals surface area contributed by atoms with E-state index in [9.17, 15) is 9.59 Å². The molecule has 0 spiro atoms. The van der Waals surface area contributed by atoms with Crippen LogP contribution in [0.15, 0.2) is 77.9 Å². The number of carbonyl (C=O) groups is 1. The molecule has 0 bridgehead atoms. The molecule has 3 aromatic carbocycles. The highest BCUT2D eigenvalue weighted by Gasteiger charge is 2.21. The molecule has 12 heteroatoms. The molecule has 44 heavy (non-hydrogen) atoms. The van der Waals surface area contributed by atoms with E-state index in [2.05, 4.69) is 25.6 Å². The summed E-state index contributed by atoms with van der Waals surface area (Å²) in [6.45, 7) is 4.20. The Morgan fingerprint density at radius 1 is 0.977 bits per heavy atom. The van der Waals surface area contributed by atoms with Crippen LogP contribution in [0.5, 0.6) is 0 Å². The number of nitrogen functional groups attached to an aromatic ring is 1. The zero-order valence-electron chi connectivity index (χ0n) is 24.1. The van der Waals surface area contributed by atoms with Gasteiger partial charge < -0.3 is 11.1 Å². The molecule has 0 aliphatic heterocycles. The van der Waals surface area contributed by atoms with Gasteiger partial charge in [0.05, 0.1) is 33.2 Å². The highest BCUT2D eigenvalue weighted by atomic mass is 32.1. The van der Waals surface area contributed by atoms with Crippen molar-refractivity contribution in [2.75, 3.05) is 18.1 Å². The second-order valence-corrected chi connectivity index (χ2v) is 11.5. The largest absolute Gasteiger partial charge is 0.383 e. The van der Waals surface area contributed by atoms with Gasteiger partial charge in [0.15, 0.2) is 10.8 Å². The van der Waals surface area contributed by atoms with Gasteiger partial charge in [0.2, 0.25) is 0 Å². The van der Waals surface area contributed by atoms with Crippen LogP contribution < -0.4 is 21.9 Å². The Bertz CT molecular complexity index is 2320. The topological polar surface area (TPSA) is 146 Å². The highest BCUT2D eigenvalue weighted by molar-refractivity contribution is 7.22. The summed E-state index contributed by atoms with van der Waals surface area (Å²) in [4.78, 5) is 39.3. The molecular formula is C32H27N9O2S. The number of hydrogen-bond acceptors (Lipinski definition) is 8. The second kappa shape index (κ2) is 10.6. The summed E-state index contributed by atoms with van der Waals surface area (Å²) < 4.78 is 4.40. The number of para-hydroxylation sites is 1. The van der Waals surface area contributed by atoms with Crippen molar-refractivity contribution in [2.24, 2.45) is 0 Å². The van der Waals surface area contributed by atoms with Gasteiger partial charge in [-0.2, -0.15) is 5.10 Å². The number of rotatable bonds is 5. The van der Waals surface area contributed by atoms with E-state index in [1.807, 2.05) is 80.6 Å². The van der Waals surface area contributed by atoms with E-state index in [4.69, 9.17) is 10.8 Å². The second-order valence-electron chi connectivity index (χ2n) is 10.5. The fourth-order valence-corrected chi connectivity index (χ4v) is 6.47. The first-order valence-electron chi connectivity index (χ1n) is 13.9. The van der Waals surface area contributed by atoms with E-state index in [1.165, 1.54) is 17.7 Å². The maximum Gasteiger partial charge on any atom is 0.320 e. The summed E-state index contributed by atoms with van der Waals surface area (Å²) in [5, 5.41) is 12.9. The lowest BCUT2D eigenvalue weighted by Crippen LogP contribution is -2.25. The van der Waals surface area contributed by atoms with Gasteiger partial charge in [0, 0.05) is 18.3 Å². The van der Waals surface area contributed by atoms with Crippen LogP contribution in [0, 0.1) is 13.8 Å². The number of carbonyl (C=O) groups excluding carboxylic acids is 1. The third-order valence-corrected chi connectivity index (χ3v) is 8.60. The lowest BCUT2D eigenvalue weighted by atomic mass is 10.1. The summed E-state index contributed by atoms with van der Waals surface area (Å²) in [6.07, 6.45) is 1.42. The molecule has 0 unspecified atom stereocenters. The molecule has 0 fully saturated rings. The predicted molar refractivity (Wildman–Crippen MR) is 175 cm³/mol. The molecule has 7 rings (SSSR count). The normalized spacial score (nSPS) is 11.4. The summed E-state index contributed by atoms with van der Waals surface area (Å²) in [6, 6.07) is 21.2. The summed E-state index contributed by atoms with van der Waals surface area (Å²) >= 11 is 1.36. The van der Waals surface area contributed by atoms with Crippen LogP contribution in [0.3, 0.4) is 0 Å². The van der Waals surface area contributed by atoms with E-state index in [-0.39, 0.29) is 18.1 Å². The average Bonchev–Trinajstić information content (AvgIpc) is 3.59. The number of thiazole rings is 1. The first kappa shape index (κ1) is 27.2. The predicted octanol–water partition coefficient (Wildman–Crippen LogP) is 5.41. The minimum absolute atomic E-state index is 0.0902. The van der Waals surface area contributed by atoms with Gasteiger partial charge in [0.25, 0.3) is 5.56 Å². The van der Waals surface area contributed by atoms with Gasteiger partial charge in [0.1, 0.15) is 17.8 Å². The van der Waals surface area contributed by atoms with Crippen LogP contribution >= 0.6 is 11.3 Å². The number of nitrogens with one attached hydrogen (secondary N) is 2. The summed E-state index contributed by atoms with van der Waals surface area (Å²) in [5.74, 6) is 0.299. The number of nitrogens with zero attached hydrogens (tertiary/aromatic N) is 6. The molecule has 4 heterocycles. The van der Waals surface area contributed by atoms with Gasteiger partial charge in [-0.1, -0.05) is 53.8 Å². The number of amides is 2. The Morgan fingerprint density at radius 2 is 1.80 bits per heavy atom. The number of urea groups is 1. The highest BCUT2D eigenvalue weighted by Crippen LogP contribution is 2.35. The Kier molecular flexibility index (Phi) is 6.55. The zero-order chi connectivity index (χ0) is 30.5. The smallest absolute Gasteiger partial charge is 0.320 e. The van der Waals surface area contributed by atoms with Crippen LogP contribution in [0.2, 0.25) is 0 Å². The number of benzene rings is 3. The molecule has 0 aliphatic rings. The fourth-order valence-electron chi connectivity index (χ4n) is 5.57. The maximum absolute atomic E-state index is 14.1. The number of aromatic nitrogens is 6. The van der Waals surface area contributed by atoms with Gasteiger partial charge in [-0.15, -0.1) is 0 Å². The van der Waals surface area contributed by atoms with Crippen LogP contribution in [0.4, 0.5) is 15.7 Å². The van der Waals surface area contributed by atoms with Crippen molar-refractivity contribution in [3.05, 3.63) is 100 Å². The quantitative estimate of drug-likeness (QED) is 0.239. The van der Waals surface area contributed by atoms with Gasteiger partial charge in [-0.25, -0.2) is 24.4 Å². The van der Waals surface area contributed by atoms with Crippen LogP contribution in [0.25, 0.3) is 49.0 Å². The molecule has 2 amide bonds. The molecule has 218 valence electrons. The minimum atomic E-state index is -0.341. The average molecular weight is 602 g/mol. The van der Waals surface area contributed by atoms with E-state index in [0.717, 1.165) is 43.7 Å². The van der Waals surface area contributed by atoms with E-state index in [1.54, 1.807) is 16.3 Å². The molecule has 0 saturated carbocycles. The van der Waals surface area contributed by atoms with Crippen molar-refractivity contribution in [3.8, 4) is 16.9 Å². The SMILES string of the molecule is CNC(=O)Nc1nc2ccc(-c3nn(Cc4cc5cccc(C)c5c(=O)n4-c4ccccc4C)c4ncnc(N)c34)cc2s1. The maximum atomic E-state index is 14.1. The molecule has 4 aromatic heterocycles. The molecule has 0 radical (unpaired) electrons. The van der Waals surface area contributed by atoms with Crippen LogP contribution in [0.1, 0.15) is 16.8 Å². The van der Waals surface area contributed by atoms with Crippen molar-refractivity contribution in [1.29, 1.82) is 0 Å². The molecule has 0 atom stereocenters. The van der Waals surface area contributed by atoms with Gasteiger partial charge in [-0.05, 0) is 54.6 Å². The number of anilines is 2. The van der Waals surface area contributed by atoms with Crippen LogP contribution in [-0.4, -0.2) is 42.4 Å². The molecule has 7 aromatic rings. The fraction of sp³-hybridized carbons (Fsp3) is 0.125. The number of fused-ring (bicyclic) bond motifs is 3. The lowest BCUT2D eigenvalue weighted by molar-refractivity contribution is 0.254. The Morgan fingerprint density at radius 3 is 2.61 bits per heavy atom. The zero-order valence-corrected chi connectivity index (χ0v) is 24.9. The minimum Gasteiger partial charge on any atom is -0.383 e. The first-order chi connectivity index (χ1) is 21.3. The third kappa shape index (κ3) is 4.52. The Balaban J connectivity index is 1.41. The molecule has 11 nitrogen and oxygen atoms in total. The monoisotopic (exact) mass is 601 g/mol. The molecule has 4 N–H and O–H groups in total. The Labute approximate surface area is 255 Å². The van der Waals surface area contributed by atoms with Crippen molar-refractivity contribution >= 4 is 60.3 Å². The number of aryl methyl sites for hydroxylation is 2. The van der Waals surface area contributed by atoms with Crippen molar-refractivity contribution in [1.82, 2.24) is 34.6 Å². The van der Waals surface area contributed by atoms with E-state index in [0.29, 0.717) is 33.1 Å². The summed E-state index contributed by atoms with van der Waals surface area (Å²) in [7, 11) is 1.55. The van der Waals surface area contributed by atoms with Crippen molar-refractivity contribution in [3.63, 3.8) is 0 Å². The lowest BCUT2D eigenvalue weighted by Gasteiger charge is -2.17. The molecule has 0 saturated heterocycles. The van der Waals surface area contributed by atoms with Crippen molar-refractivity contribution in [2.45, 2.75) is 20.4 Å². The third-order valence-electron chi connectivity index (χ3n) is 7.67. The first-order valence-corrected chi connectivity index (χ1v) is 14.7. The summed E-state index contributed by atoms with van der Waals surface area (Å²) in [5.41, 5.74) is 12.5.